The first-order valence-corrected chi connectivity index (χ1v) is 29.6. The Labute approximate surface area is 464 Å². The number of aliphatic hydroxyl groups is 4. The molecule has 6 N–H and O–H groups in total. The van der Waals surface area contributed by atoms with Gasteiger partial charge in [-0.2, -0.15) is 0 Å². The number of benzene rings is 4. The Hall–Kier alpha value is -6.18. The highest BCUT2D eigenvalue weighted by Gasteiger charge is 2.65. The third-order valence-electron chi connectivity index (χ3n) is 22.2. The smallest absolute Gasteiger partial charge is 0.254 e. The van der Waals surface area contributed by atoms with Crippen molar-refractivity contribution in [2.45, 2.75) is 169 Å². The molecular weight excluding hydrogens is 1010 g/mol. The van der Waals surface area contributed by atoms with Gasteiger partial charge in [0.15, 0.2) is 17.5 Å². The number of aromatic nitrogens is 1. The number of H-pyrrole nitrogens is 1. The number of carbonyl (C=O) groups excluding carboxylic acids is 2. The van der Waals surface area contributed by atoms with E-state index in [2.05, 4.69) is 35.2 Å². The number of aromatic hydroxyl groups is 1. The second-order valence-corrected chi connectivity index (χ2v) is 25.8. The lowest BCUT2D eigenvalue weighted by Gasteiger charge is -2.58. The number of carbonyl (C=O) groups is 2. The molecule has 11 aliphatic rings. The Morgan fingerprint density at radius 2 is 1.81 bits per heavy atom. The highest BCUT2D eigenvalue weighted by molar-refractivity contribution is 6.17. The number of allylic oxidation sites excluding steroid dienone is 2. The van der Waals surface area contributed by atoms with Gasteiger partial charge in [-0.15, -0.1) is 0 Å². The third kappa shape index (κ3) is 6.70. The summed E-state index contributed by atoms with van der Waals surface area (Å²) in [4.78, 5) is 35.0. The quantitative estimate of drug-likeness (QED) is 0.0939. The van der Waals surface area contributed by atoms with Crippen molar-refractivity contribution in [1.82, 2.24) is 9.88 Å². The molecule has 80 heavy (non-hydrogen) atoms. The number of amides is 1. The molecule has 4 aliphatic heterocycles. The van der Waals surface area contributed by atoms with Gasteiger partial charge in [0.1, 0.15) is 41.7 Å². The summed E-state index contributed by atoms with van der Waals surface area (Å²) in [5.41, 5.74) is 7.30. The molecule has 14 heteroatoms. The van der Waals surface area contributed by atoms with Crippen LogP contribution in [0.4, 0.5) is 0 Å². The summed E-state index contributed by atoms with van der Waals surface area (Å²) in [5, 5.41) is 64.5. The SMILES string of the molecule is COc1c2c3c4c(O)c(c5c6c4c1CCC6=CC1CCCC51)C(=O)CN1Cc4c(cccc4C1=O)CC#COC1C(O)C(COC(c4c[nH]c5cc6c(cc45)C4(CC6)CC5(O)CCCC5CC45CCCC5)C=C2)OC(O3)C1(O)CO. The number of nitrogens with zero attached hydrogens (tertiary/aromatic N) is 1. The van der Waals surface area contributed by atoms with Gasteiger partial charge < -0.3 is 59.1 Å². The van der Waals surface area contributed by atoms with Gasteiger partial charge in [-0.1, -0.05) is 55.9 Å². The van der Waals surface area contributed by atoms with Crippen molar-refractivity contribution < 1.29 is 58.8 Å². The van der Waals surface area contributed by atoms with E-state index in [0.29, 0.717) is 41.0 Å². The molecule has 5 fully saturated rings. The van der Waals surface area contributed by atoms with Gasteiger partial charge >= 0.3 is 0 Å². The zero-order chi connectivity index (χ0) is 54.2. The summed E-state index contributed by atoms with van der Waals surface area (Å²) >= 11 is 0. The molecule has 1 amide bonds. The first-order chi connectivity index (χ1) is 38.9. The van der Waals surface area contributed by atoms with E-state index >= 15 is 4.79 Å². The molecule has 5 heterocycles. The second kappa shape index (κ2) is 17.7. The number of ketones is 1. The topological polar surface area (TPSA) is 200 Å². The fourth-order valence-corrected chi connectivity index (χ4v) is 18.5. The first-order valence-electron chi connectivity index (χ1n) is 29.6. The van der Waals surface area contributed by atoms with Crippen LogP contribution in [0.15, 0.2) is 48.7 Å². The summed E-state index contributed by atoms with van der Waals surface area (Å²) in [7, 11) is 1.60. The Morgan fingerprint density at radius 1 is 0.938 bits per heavy atom. The van der Waals surface area contributed by atoms with Gasteiger partial charge in [-0.25, -0.2) is 0 Å². The van der Waals surface area contributed by atoms with Gasteiger partial charge in [0, 0.05) is 57.6 Å². The van der Waals surface area contributed by atoms with Crippen LogP contribution in [0.1, 0.15) is 173 Å². The monoisotopic (exact) mass is 1080 g/mol. The van der Waals surface area contributed by atoms with E-state index in [0.717, 1.165) is 114 Å². The summed E-state index contributed by atoms with van der Waals surface area (Å²) in [6.45, 7) is -1.35. The molecule has 11 unspecified atom stereocenters. The van der Waals surface area contributed by atoms with Crippen LogP contribution in [0.3, 0.4) is 0 Å². The number of hydrogen-bond acceptors (Lipinski definition) is 12. The van der Waals surface area contributed by atoms with Crippen molar-refractivity contribution >= 4 is 45.0 Å². The van der Waals surface area contributed by atoms with Crippen LogP contribution in [-0.4, -0.2) is 110 Å². The average Bonchev–Trinajstić information content (AvgIpc) is 4.43. The zero-order valence-corrected chi connectivity index (χ0v) is 45.2. The number of Topliss-reactive ketones (excluding diaryl/α,β-unsaturated/α-hetero) is 1. The molecule has 8 bridgehead atoms. The second-order valence-electron chi connectivity index (χ2n) is 25.8. The van der Waals surface area contributed by atoms with Crippen molar-refractivity contribution in [2.75, 3.05) is 26.9 Å². The van der Waals surface area contributed by atoms with Crippen molar-refractivity contribution in [2.24, 2.45) is 17.3 Å². The minimum atomic E-state index is -2.47. The van der Waals surface area contributed by atoms with E-state index in [9.17, 15) is 30.3 Å². The Balaban J connectivity index is 0.924. The molecule has 14 nitrogen and oxygen atoms in total. The van der Waals surface area contributed by atoms with Crippen LogP contribution in [0.25, 0.3) is 33.3 Å². The summed E-state index contributed by atoms with van der Waals surface area (Å²) in [6.07, 6.45) is 19.5. The zero-order valence-electron chi connectivity index (χ0n) is 45.2. The van der Waals surface area contributed by atoms with E-state index in [1.807, 2.05) is 24.4 Å². The van der Waals surface area contributed by atoms with E-state index in [1.54, 1.807) is 24.1 Å². The van der Waals surface area contributed by atoms with Gasteiger partial charge in [-0.3, -0.25) is 9.59 Å². The lowest BCUT2D eigenvalue weighted by molar-refractivity contribution is -0.328. The number of fused-ring (bicyclic) bond motifs is 12. The number of aryl methyl sites for hydroxylation is 2. The number of phenols is 1. The maximum absolute atomic E-state index is 15.6. The lowest BCUT2D eigenvalue weighted by atomic mass is 9.47. The number of rotatable bonds is 3. The normalized spacial score (nSPS) is 34.1. The minimum Gasteiger partial charge on any atom is -0.506 e. The van der Waals surface area contributed by atoms with Crippen molar-refractivity contribution in [3.8, 4) is 29.3 Å². The Bertz CT molecular complexity index is 3670. The molecule has 1 saturated heterocycles. The molecule has 4 saturated carbocycles. The van der Waals surface area contributed by atoms with Gasteiger partial charge in [0.05, 0.1) is 49.0 Å². The average molecular weight is 1080 g/mol. The predicted molar refractivity (Wildman–Crippen MR) is 296 cm³/mol. The summed E-state index contributed by atoms with van der Waals surface area (Å²) in [5.74, 6) is 2.96. The van der Waals surface area contributed by atoms with Crippen molar-refractivity contribution in [3.05, 3.63) is 110 Å². The lowest BCUT2D eigenvalue weighted by Crippen LogP contribution is -2.70. The fraction of sp³-hybridized carbons (Fsp3) is 0.515. The number of hydrogen-bond donors (Lipinski definition) is 6. The van der Waals surface area contributed by atoms with Crippen molar-refractivity contribution in [3.63, 3.8) is 0 Å². The molecular formula is C66H68N2O12. The number of ether oxygens (including phenoxy) is 5. The molecule has 414 valence electrons. The number of methoxy groups -OCH3 is 1. The van der Waals surface area contributed by atoms with E-state index in [-0.39, 0.29) is 77.1 Å². The Morgan fingerprint density at radius 3 is 2.66 bits per heavy atom. The fourth-order valence-electron chi connectivity index (χ4n) is 18.5. The number of phenolic OH excluding ortho intramolecular Hbond substituents is 1. The first kappa shape index (κ1) is 49.6. The number of nitrogens with one attached hydrogen (secondary N) is 1. The third-order valence-corrected chi connectivity index (χ3v) is 22.2. The molecule has 11 atom stereocenters. The van der Waals surface area contributed by atoms with Crippen LogP contribution in [0, 0.1) is 29.3 Å². The largest absolute Gasteiger partial charge is 0.506 e. The Kier molecular flexibility index (Phi) is 11.0. The maximum Gasteiger partial charge on any atom is 0.254 e. The van der Waals surface area contributed by atoms with Gasteiger partial charge in [0.25, 0.3) is 5.91 Å². The molecule has 1 aromatic heterocycles. The van der Waals surface area contributed by atoms with Crippen LogP contribution < -0.4 is 9.47 Å². The van der Waals surface area contributed by atoms with E-state index in [4.69, 9.17) is 23.7 Å². The number of aliphatic hydroxyl groups excluding tert-OH is 2. The highest BCUT2D eigenvalue weighted by Crippen LogP contribution is 2.70. The predicted octanol–water partition coefficient (Wildman–Crippen LogP) is 9.05. The molecule has 0 radical (unpaired) electrons. The molecule has 2 spiro atoms. The molecule has 5 aromatic rings. The van der Waals surface area contributed by atoms with E-state index in [1.165, 1.54) is 36.8 Å². The maximum atomic E-state index is 15.6. The van der Waals surface area contributed by atoms with Crippen LogP contribution in [-0.2, 0) is 45.4 Å². The van der Waals surface area contributed by atoms with Gasteiger partial charge in [0.2, 0.25) is 6.29 Å². The van der Waals surface area contributed by atoms with Crippen LogP contribution in [0.5, 0.6) is 17.2 Å². The minimum absolute atomic E-state index is 0.0231. The van der Waals surface area contributed by atoms with Crippen LogP contribution in [0.2, 0.25) is 0 Å². The molecule has 4 aromatic carbocycles. The van der Waals surface area contributed by atoms with Gasteiger partial charge in [-0.05, 0) is 163 Å². The van der Waals surface area contributed by atoms with Crippen LogP contribution >= 0.6 is 0 Å². The molecule has 16 rings (SSSR count). The summed E-state index contributed by atoms with van der Waals surface area (Å²) < 4.78 is 33.6. The summed E-state index contributed by atoms with van der Waals surface area (Å²) in [6, 6.07) is 10.1. The standard InChI is InChI=1S/C66H68N2O12/c1-76-58-41-15-14-37-24-35-9-5-12-39(35)52-51(37)53(41)55-57(72)54(52)48(70)30-68-29-45-34(8-4-13-40(45)61(68)73)10-7-23-77-60-56(71)50-31-78-49(17-16-42(58)59(55)80-62(79-50)66(60,75)33-69)44-28-67-47-25-36-18-22-64(46(36)26-43(44)47)32-65(74)21-6-11-38(65)27-63(64)19-2-3-20-63/h4,8,13,16-17,24-26,28,35,38-39,49-50,56,60,62,67,69,71-72,74-75H,2-3,5-6,9-12,14-15,18-22,27,29-33H2,1H3. The molecule has 7 aliphatic carbocycles. The van der Waals surface area contributed by atoms with Crippen molar-refractivity contribution in [1.29, 1.82) is 0 Å². The number of aromatic amines is 1. The van der Waals surface area contributed by atoms with E-state index < -0.39 is 54.3 Å². The highest BCUT2D eigenvalue weighted by atomic mass is 16.7.